The second kappa shape index (κ2) is 10.9. The van der Waals surface area contributed by atoms with Gasteiger partial charge in [-0.3, -0.25) is 0 Å². The molecule has 44 heavy (non-hydrogen) atoms. The number of phenols is 4. The van der Waals surface area contributed by atoms with Crippen molar-refractivity contribution < 1.29 is 38.0 Å². The molecule has 0 aromatic heterocycles. The van der Waals surface area contributed by atoms with Gasteiger partial charge in [-0.2, -0.15) is 0 Å². The van der Waals surface area contributed by atoms with E-state index in [9.17, 15) is 24.8 Å². The summed E-state index contributed by atoms with van der Waals surface area (Å²) < 4.78 is 61.3. The van der Waals surface area contributed by atoms with Gasteiger partial charge >= 0.3 is 0 Å². The lowest BCUT2D eigenvalue weighted by molar-refractivity contribution is 0.424. The van der Waals surface area contributed by atoms with E-state index < -0.39 is 51.7 Å². The number of benzene rings is 5. The highest BCUT2D eigenvalue weighted by Crippen LogP contribution is 2.51. The lowest BCUT2D eigenvalue weighted by Crippen LogP contribution is -2.33. The van der Waals surface area contributed by atoms with Crippen LogP contribution in [0.25, 0.3) is 11.1 Å². The van der Waals surface area contributed by atoms with Crippen LogP contribution >= 0.6 is 0 Å². The van der Waals surface area contributed by atoms with Gasteiger partial charge in [0.25, 0.3) is 0 Å². The minimum atomic E-state index is -1.77. The number of aryl methyl sites for hydroxylation is 5. The van der Waals surface area contributed by atoms with Crippen LogP contribution in [0.1, 0.15) is 50.1 Å². The average molecular weight is 603 g/mol. The number of hydrogen-bond donors (Lipinski definition) is 4. The van der Waals surface area contributed by atoms with Gasteiger partial charge in [-0.05, 0) is 121 Å². The minimum Gasteiger partial charge on any atom is -0.505 e. The summed E-state index contributed by atoms with van der Waals surface area (Å²) >= 11 is 0. The molecule has 0 atom stereocenters. The van der Waals surface area contributed by atoms with Crippen molar-refractivity contribution >= 4 is 0 Å². The lowest BCUT2D eigenvalue weighted by atomic mass is 9.62. The number of phenolic OH excluding ortho intramolecular Hbond substituents is 4. The Bertz CT molecular complexity index is 1730. The van der Waals surface area contributed by atoms with E-state index in [1.807, 2.05) is 0 Å². The standard InChI is InChI=1S/C36H30F4O4/c1-17-6-7-27(26(8-17)22-9-18(2)32(41)28(37)13-22)36(23-10-19(3)33(42)29(38)14-23,24-11-20(4)34(43)30(39)15-24)25-12-21(5)35(44)31(40)16-25/h6-16,41-44H,1-5H3. The Balaban J connectivity index is 2.10. The number of aromatic hydroxyl groups is 4. The second-order valence-electron chi connectivity index (χ2n) is 11.3. The van der Waals surface area contributed by atoms with Crippen molar-refractivity contribution in [2.24, 2.45) is 0 Å². The van der Waals surface area contributed by atoms with Crippen molar-refractivity contribution in [1.82, 2.24) is 0 Å². The molecule has 0 unspecified atom stereocenters. The van der Waals surface area contributed by atoms with Gasteiger partial charge < -0.3 is 20.4 Å². The predicted octanol–water partition coefficient (Wildman–Crippen LogP) is 8.66. The highest BCUT2D eigenvalue weighted by Gasteiger charge is 2.43. The largest absolute Gasteiger partial charge is 0.505 e. The molecule has 5 rings (SSSR count). The first kappa shape index (κ1) is 30.5. The molecule has 0 spiro atoms. The molecule has 0 aliphatic carbocycles. The summed E-state index contributed by atoms with van der Waals surface area (Å²) in [6.45, 7) is 7.77. The zero-order valence-electron chi connectivity index (χ0n) is 24.7. The Labute approximate surface area is 252 Å². The smallest absolute Gasteiger partial charge is 0.165 e. The molecule has 8 heteroatoms. The summed E-state index contributed by atoms with van der Waals surface area (Å²) in [4.78, 5) is 0. The Morgan fingerprint density at radius 1 is 0.455 bits per heavy atom. The van der Waals surface area contributed by atoms with E-state index in [1.165, 1.54) is 45.9 Å². The van der Waals surface area contributed by atoms with E-state index in [-0.39, 0.29) is 38.9 Å². The highest BCUT2D eigenvalue weighted by molar-refractivity contribution is 5.77. The molecule has 0 radical (unpaired) electrons. The first-order chi connectivity index (χ1) is 20.7. The molecule has 0 aliphatic rings. The molecule has 5 aromatic rings. The van der Waals surface area contributed by atoms with Crippen LogP contribution in [0.3, 0.4) is 0 Å². The van der Waals surface area contributed by atoms with E-state index in [2.05, 4.69) is 0 Å². The van der Waals surface area contributed by atoms with Crippen LogP contribution < -0.4 is 0 Å². The summed E-state index contributed by atoms with van der Waals surface area (Å²) in [6, 6.07) is 15.5. The molecule has 5 aromatic carbocycles. The normalized spacial score (nSPS) is 11.7. The summed E-state index contributed by atoms with van der Waals surface area (Å²) in [7, 11) is 0. The summed E-state index contributed by atoms with van der Waals surface area (Å²) in [5, 5.41) is 41.3. The number of hydrogen-bond acceptors (Lipinski definition) is 4. The molecule has 0 fully saturated rings. The second-order valence-corrected chi connectivity index (χ2v) is 11.3. The van der Waals surface area contributed by atoms with Crippen LogP contribution in [0.2, 0.25) is 0 Å². The van der Waals surface area contributed by atoms with Crippen LogP contribution in [0, 0.1) is 57.9 Å². The average Bonchev–Trinajstić information content (AvgIpc) is 2.96. The first-order valence-electron chi connectivity index (χ1n) is 13.8. The van der Waals surface area contributed by atoms with Gasteiger partial charge in [-0.15, -0.1) is 0 Å². The topological polar surface area (TPSA) is 80.9 Å². The summed E-state index contributed by atoms with van der Waals surface area (Å²) in [6.07, 6.45) is 0. The van der Waals surface area contributed by atoms with Gasteiger partial charge in [0.15, 0.2) is 46.3 Å². The van der Waals surface area contributed by atoms with Crippen molar-refractivity contribution in [2.75, 3.05) is 0 Å². The Kier molecular flexibility index (Phi) is 7.58. The molecule has 0 saturated heterocycles. The van der Waals surface area contributed by atoms with E-state index >= 15 is 13.2 Å². The van der Waals surface area contributed by atoms with Crippen molar-refractivity contribution in [3.05, 3.63) is 140 Å². The summed E-state index contributed by atoms with van der Waals surface area (Å²) in [5.74, 6) is -6.21. The highest BCUT2D eigenvalue weighted by atomic mass is 19.1. The van der Waals surface area contributed by atoms with E-state index in [4.69, 9.17) is 0 Å². The molecule has 226 valence electrons. The number of rotatable bonds is 5. The monoisotopic (exact) mass is 602 g/mol. The SMILES string of the molecule is Cc1ccc(C(c2cc(C)c(O)c(F)c2)(c2cc(C)c(O)c(F)c2)c2cc(C)c(O)c(F)c2)c(-c2cc(C)c(O)c(F)c2)c1. The van der Waals surface area contributed by atoms with Gasteiger partial charge in [0, 0.05) is 0 Å². The quantitative estimate of drug-likeness (QED) is 0.120. The van der Waals surface area contributed by atoms with Gasteiger partial charge in [-0.1, -0.05) is 42.0 Å². The van der Waals surface area contributed by atoms with Crippen LogP contribution in [0.15, 0.2) is 66.7 Å². The van der Waals surface area contributed by atoms with Crippen LogP contribution in [-0.2, 0) is 5.41 Å². The van der Waals surface area contributed by atoms with Gasteiger partial charge in [0.1, 0.15) is 0 Å². The van der Waals surface area contributed by atoms with Crippen molar-refractivity contribution in [3.8, 4) is 34.1 Å². The van der Waals surface area contributed by atoms with E-state index in [1.54, 1.807) is 31.2 Å². The van der Waals surface area contributed by atoms with E-state index in [0.29, 0.717) is 16.7 Å². The number of halogens is 4. The van der Waals surface area contributed by atoms with Gasteiger partial charge in [-0.25, -0.2) is 17.6 Å². The van der Waals surface area contributed by atoms with Crippen molar-refractivity contribution in [1.29, 1.82) is 0 Å². The summed E-state index contributed by atoms with van der Waals surface area (Å²) in [5.41, 5.74) is 1.14. The fourth-order valence-corrected chi connectivity index (χ4v) is 5.94. The third-order valence-electron chi connectivity index (χ3n) is 8.21. The molecule has 0 heterocycles. The lowest BCUT2D eigenvalue weighted by Gasteiger charge is -2.39. The van der Waals surface area contributed by atoms with Crippen molar-refractivity contribution in [2.45, 2.75) is 40.0 Å². The van der Waals surface area contributed by atoms with Gasteiger partial charge in [0.2, 0.25) is 0 Å². The third-order valence-corrected chi connectivity index (χ3v) is 8.21. The fourth-order valence-electron chi connectivity index (χ4n) is 5.94. The molecule has 0 saturated carbocycles. The maximum atomic E-state index is 15.4. The minimum absolute atomic E-state index is 0.136. The molecular formula is C36H30F4O4. The fraction of sp³-hybridized carbons (Fsp3) is 0.167. The molecule has 0 amide bonds. The maximum Gasteiger partial charge on any atom is 0.165 e. The predicted molar refractivity (Wildman–Crippen MR) is 160 cm³/mol. The molecule has 4 N–H and O–H groups in total. The van der Waals surface area contributed by atoms with Crippen LogP contribution in [0.5, 0.6) is 23.0 Å². The third kappa shape index (κ3) is 4.80. The van der Waals surface area contributed by atoms with Crippen LogP contribution in [-0.4, -0.2) is 20.4 Å². The van der Waals surface area contributed by atoms with Crippen LogP contribution in [0.4, 0.5) is 17.6 Å². The molecule has 0 aliphatic heterocycles. The zero-order valence-corrected chi connectivity index (χ0v) is 24.7. The Morgan fingerprint density at radius 3 is 1.18 bits per heavy atom. The Morgan fingerprint density at radius 2 is 0.818 bits per heavy atom. The zero-order chi connectivity index (χ0) is 32.2. The molecular weight excluding hydrogens is 572 g/mol. The molecule has 0 bridgehead atoms. The van der Waals surface area contributed by atoms with Crippen molar-refractivity contribution in [3.63, 3.8) is 0 Å². The van der Waals surface area contributed by atoms with Gasteiger partial charge in [0.05, 0.1) is 5.41 Å². The first-order valence-corrected chi connectivity index (χ1v) is 13.8. The maximum absolute atomic E-state index is 15.4. The Hall–Kier alpha value is -4.98. The molecule has 4 nitrogen and oxygen atoms in total. The van der Waals surface area contributed by atoms with E-state index in [0.717, 1.165) is 29.8 Å².